The minimum absolute atomic E-state index is 0.00361. The third kappa shape index (κ3) is 3.26. The van der Waals surface area contributed by atoms with Gasteiger partial charge in [0.2, 0.25) is 0 Å². The normalized spacial score (nSPS) is 17.8. The third-order valence-corrected chi connectivity index (χ3v) is 4.90. The van der Waals surface area contributed by atoms with Crippen LogP contribution < -0.4 is 4.90 Å². The van der Waals surface area contributed by atoms with E-state index in [1.54, 1.807) is 29.5 Å². The summed E-state index contributed by atoms with van der Waals surface area (Å²) in [4.78, 5) is 18.2. The third-order valence-electron chi connectivity index (χ3n) is 3.84. The number of carbonyl (C=O) groups excluding carboxylic acids is 1. The summed E-state index contributed by atoms with van der Waals surface area (Å²) in [6.45, 7) is 5.38. The molecule has 0 aliphatic carbocycles. The van der Waals surface area contributed by atoms with Crippen molar-refractivity contribution in [1.29, 1.82) is 5.26 Å². The summed E-state index contributed by atoms with van der Waals surface area (Å²) >= 11 is 1.59. The maximum Gasteiger partial charge on any atom is 0.159 e. The number of benzene rings is 1. The van der Waals surface area contributed by atoms with Crippen molar-refractivity contribution in [3.05, 3.63) is 45.4 Å². The summed E-state index contributed by atoms with van der Waals surface area (Å²) in [5.74, 6) is -0.00361. The van der Waals surface area contributed by atoms with Gasteiger partial charge in [0.15, 0.2) is 5.78 Å². The molecule has 6 heteroatoms. The molecule has 0 saturated carbocycles. The van der Waals surface area contributed by atoms with Crippen molar-refractivity contribution >= 4 is 22.8 Å². The second-order valence-electron chi connectivity index (χ2n) is 5.53. The Kier molecular flexibility index (Phi) is 4.42. The van der Waals surface area contributed by atoms with Crippen LogP contribution in [0.1, 0.15) is 39.7 Å². The van der Waals surface area contributed by atoms with Crippen LogP contribution in [0.15, 0.2) is 23.6 Å². The van der Waals surface area contributed by atoms with E-state index in [1.165, 1.54) is 6.92 Å². The summed E-state index contributed by atoms with van der Waals surface area (Å²) in [7, 11) is 0. The minimum atomic E-state index is -0.102. The molecule has 3 rings (SSSR count). The summed E-state index contributed by atoms with van der Waals surface area (Å²) in [5, 5.41) is 12.3. The van der Waals surface area contributed by atoms with E-state index in [9.17, 15) is 10.1 Å². The zero-order valence-corrected chi connectivity index (χ0v) is 13.9. The summed E-state index contributed by atoms with van der Waals surface area (Å²) in [5.41, 5.74) is 2.97. The van der Waals surface area contributed by atoms with E-state index in [4.69, 9.17) is 4.74 Å². The van der Waals surface area contributed by atoms with Crippen molar-refractivity contribution < 1.29 is 9.53 Å². The number of Topliss-reactive ketones (excluding diaryl/α,β-unsaturated/α-hetero) is 1. The Morgan fingerprint density at radius 1 is 1.52 bits per heavy atom. The molecule has 1 aliphatic rings. The highest BCUT2D eigenvalue weighted by Crippen LogP contribution is 2.30. The van der Waals surface area contributed by atoms with Crippen LogP contribution in [-0.4, -0.2) is 30.5 Å². The molecule has 0 N–H and O–H groups in total. The Labute approximate surface area is 139 Å². The van der Waals surface area contributed by atoms with Crippen LogP contribution in [0.25, 0.3) is 0 Å². The number of carbonyl (C=O) groups is 1. The van der Waals surface area contributed by atoms with E-state index in [2.05, 4.69) is 16.0 Å². The molecule has 0 amide bonds. The number of nitriles is 1. The molecule has 1 saturated heterocycles. The van der Waals surface area contributed by atoms with Gasteiger partial charge in [-0.15, -0.1) is 11.3 Å². The second kappa shape index (κ2) is 6.49. The van der Waals surface area contributed by atoms with E-state index < -0.39 is 0 Å². The molecular weight excluding hydrogens is 310 g/mol. The van der Waals surface area contributed by atoms with E-state index >= 15 is 0 Å². The fourth-order valence-electron chi connectivity index (χ4n) is 2.64. The Bertz CT molecular complexity index is 778. The molecule has 23 heavy (non-hydrogen) atoms. The Balaban J connectivity index is 1.90. The van der Waals surface area contributed by atoms with E-state index in [1.807, 2.05) is 12.3 Å². The summed E-state index contributed by atoms with van der Waals surface area (Å²) in [6.07, 6.45) is -0.102. The molecule has 5 nitrogen and oxygen atoms in total. The number of hydrogen-bond donors (Lipinski definition) is 0. The van der Waals surface area contributed by atoms with Crippen LogP contribution in [0.2, 0.25) is 0 Å². The van der Waals surface area contributed by atoms with Gasteiger partial charge in [0, 0.05) is 23.2 Å². The van der Waals surface area contributed by atoms with Crippen LogP contribution in [0.5, 0.6) is 0 Å². The number of morpholine rings is 1. The van der Waals surface area contributed by atoms with E-state index in [-0.39, 0.29) is 11.9 Å². The first-order valence-electron chi connectivity index (χ1n) is 7.42. The lowest BCUT2D eigenvalue weighted by Gasteiger charge is -2.34. The van der Waals surface area contributed by atoms with Gasteiger partial charge >= 0.3 is 0 Å². The van der Waals surface area contributed by atoms with Crippen molar-refractivity contribution in [3.8, 4) is 6.07 Å². The topological polar surface area (TPSA) is 66.2 Å². The SMILES string of the molecule is CC(=O)c1ccc(C#N)c(N2CCOC(c3nc(C)cs3)C2)c1. The number of rotatable bonds is 3. The van der Waals surface area contributed by atoms with E-state index in [0.29, 0.717) is 30.8 Å². The lowest BCUT2D eigenvalue weighted by molar-refractivity contribution is 0.0395. The van der Waals surface area contributed by atoms with Crippen LogP contribution in [-0.2, 0) is 4.74 Å². The molecule has 118 valence electrons. The standard InChI is InChI=1S/C17H17N3O2S/c1-11-10-23-17(19-11)16-9-20(5-6-22-16)15-7-13(12(2)21)3-4-14(15)8-18/h3-4,7,10,16H,5-6,9H2,1-2H3. The molecular formula is C17H17N3O2S. The summed E-state index contributed by atoms with van der Waals surface area (Å²) < 4.78 is 5.84. The molecule has 1 aromatic carbocycles. The zero-order valence-electron chi connectivity index (χ0n) is 13.1. The number of aromatic nitrogens is 1. The van der Waals surface area contributed by atoms with Crippen LogP contribution in [0.3, 0.4) is 0 Å². The number of nitrogens with zero attached hydrogens (tertiary/aromatic N) is 3. The quantitative estimate of drug-likeness (QED) is 0.810. The first-order chi connectivity index (χ1) is 11.1. The number of aryl methyl sites for hydroxylation is 1. The average molecular weight is 327 g/mol. The van der Waals surface area contributed by atoms with Gasteiger partial charge in [-0.3, -0.25) is 4.79 Å². The number of ether oxygens (including phenoxy) is 1. The van der Waals surface area contributed by atoms with Crippen molar-refractivity contribution in [1.82, 2.24) is 4.98 Å². The fraction of sp³-hybridized carbons (Fsp3) is 0.353. The first kappa shape index (κ1) is 15.7. The minimum Gasteiger partial charge on any atom is -0.367 e. The van der Waals surface area contributed by atoms with Gasteiger partial charge in [-0.1, -0.05) is 0 Å². The number of hydrogen-bond acceptors (Lipinski definition) is 6. The van der Waals surface area contributed by atoms with Crippen LogP contribution in [0, 0.1) is 18.3 Å². The lowest BCUT2D eigenvalue weighted by atomic mass is 10.1. The molecule has 0 radical (unpaired) electrons. The van der Waals surface area contributed by atoms with Gasteiger partial charge < -0.3 is 9.64 Å². The van der Waals surface area contributed by atoms with Crippen molar-refractivity contribution in [3.63, 3.8) is 0 Å². The highest BCUT2D eigenvalue weighted by Gasteiger charge is 2.26. The Morgan fingerprint density at radius 3 is 3.00 bits per heavy atom. The Hall–Kier alpha value is -2.23. The molecule has 1 unspecified atom stereocenters. The van der Waals surface area contributed by atoms with Crippen LogP contribution >= 0.6 is 11.3 Å². The smallest absolute Gasteiger partial charge is 0.159 e. The van der Waals surface area contributed by atoms with Gasteiger partial charge in [0.25, 0.3) is 0 Å². The van der Waals surface area contributed by atoms with Crippen molar-refractivity contribution in [2.75, 3.05) is 24.6 Å². The maximum absolute atomic E-state index is 11.6. The number of ketones is 1. The molecule has 0 bridgehead atoms. The predicted octanol–water partition coefficient (Wildman–Crippen LogP) is 3.10. The average Bonchev–Trinajstić information content (AvgIpc) is 3.01. The molecule has 1 atom stereocenters. The molecule has 0 spiro atoms. The number of anilines is 1. The van der Waals surface area contributed by atoms with Gasteiger partial charge in [-0.2, -0.15) is 5.26 Å². The Morgan fingerprint density at radius 2 is 2.35 bits per heavy atom. The number of thiazole rings is 1. The van der Waals surface area contributed by atoms with Gasteiger partial charge in [-0.25, -0.2) is 4.98 Å². The molecule has 2 aromatic rings. The van der Waals surface area contributed by atoms with Gasteiger partial charge in [-0.05, 0) is 32.0 Å². The van der Waals surface area contributed by atoms with Gasteiger partial charge in [0.05, 0.1) is 24.4 Å². The van der Waals surface area contributed by atoms with Crippen molar-refractivity contribution in [2.24, 2.45) is 0 Å². The van der Waals surface area contributed by atoms with Crippen molar-refractivity contribution in [2.45, 2.75) is 20.0 Å². The van der Waals surface area contributed by atoms with Gasteiger partial charge in [0.1, 0.15) is 17.2 Å². The monoisotopic (exact) mass is 327 g/mol. The summed E-state index contributed by atoms with van der Waals surface area (Å²) in [6, 6.07) is 7.43. The highest BCUT2D eigenvalue weighted by molar-refractivity contribution is 7.09. The molecule has 2 heterocycles. The predicted molar refractivity (Wildman–Crippen MR) is 88.9 cm³/mol. The molecule has 1 fully saturated rings. The fourth-order valence-corrected chi connectivity index (χ4v) is 3.48. The molecule has 1 aromatic heterocycles. The first-order valence-corrected chi connectivity index (χ1v) is 8.30. The van der Waals surface area contributed by atoms with E-state index in [0.717, 1.165) is 16.4 Å². The second-order valence-corrected chi connectivity index (χ2v) is 6.42. The van der Waals surface area contributed by atoms with Crippen LogP contribution in [0.4, 0.5) is 5.69 Å². The highest BCUT2D eigenvalue weighted by atomic mass is 32.1. The largest absolute Gasteiger partial charge is 0.367 e. The maximum atomic E-state index is 11.6. The lowest BCUT2D eigenvalue weighted by Crippen LogP contribution is -2.38. The zero-order chi connectivity index (χ0) is 16.4. The molecule has 1 aliphatic heterocycles.